The fourth-order valence-corrected chi connectivity index (χ4v) is 4.50. The SMILES string of the molecule is CC(C)(C)c1ccc(C(=O)CC(SC2CCCCC2)C(=O)O)cc1. The lowest BCUT2D eigenvalue weighted by Gasteiger charge is -2.24. The summed E-state index contributed by atoms with van der Waals surface area (Å²) in [5.41, 5.74) is 1.83. The van der Waals surface area contributed by atoms with Gasteiger partial charge < -0.3 is 5.11 Å². The predicted octanol–water partition coefficient (Wildman–Crippen LogP) is 5.08. The number of hydrogen-bond acceptors (Lipinski definition) is 3. The highest BCUT2D eigenvalue weighted by Gasteiger charge is 2.27. The van der Waals surface area contributed by atoms with E-state index in [9.17, 15) is 14.7 Å². The first-order chi connectivity index (χ1) is 11.3. The summed E-state index contributed by atoms with van der Waals surface area (Å²) in [6, 6.07) is 7.59. The lowest BCUT2D eigenvalue weighted by molar-refractivity contribution is -0.136. The molecule has 0 aromatic heterocycles. The van der Waals surface area contributed by atoms with Crippen LogP contribution in [0.4, 0.5) is 0 Å². The third kappa shape index (κ3) is 5.37. The van der Waals surface area contributed by atoms with Crippen molar-refractivity contribution in [2.24, 2.45) is 0 Å². The van der Waals surface area contributed by atoms with Gasteiger partial charge in [-0.2, -0.15) is 0 Å². The third-order valence-electron chi connectivity index (χ3n) is 4.63. The molecule has 3 nitrogen and oxygen atoms in total. The maximum atomic E-state index is 12.5. The standard InChI is InChI=1S/C20H28O3S/c1-20(2,3)15-11-9-14(10-12-15)17(21)13-18(19(22)23)24-16-7-5-4-6-8-16/h9-12,16,18H,4-8,13H2,1-3H3,(H,22,23). The van der Waals surface area contributed by atoms with Crippen LogP contribution in [0.5, 0.6) is 0 Å². The van der Waals surface area contributed by atoms with Crippen LogP contribution in [-0.4, -0.2) is 27.4 Å². The first kappa shape index (κ1) is 19.0. The summed E-state index contributed by atoms with van der Waals surface area (Å²) in [4.78, 5) is 24.0. The summed E-state index contributed by atoms with van der Waals surface area (Å²) >= 11 is 1.48. The lowest BCUT2D eigenvalue weighted by atomic mass is 9.86. The van der Waals surface area contributed by atoms with Gasteiger partial charge >= 0.3 is 5.97 Å². The van der Waals surface area contributed by atoms with Gasteiger partial charge in [-0.25, -0.2) is 0 Å². The van der Waals surface area contributed by atoms with Gasteiger partial charge in [0.15, 0.2) is 5.78 Å². The van der Waals surface area contributed by atoms with E-state index in [0.29, 0.717) is 10.8 Å². The Bertz CT molecular complexity index is 566. The molecule has 0 heterocycles. The number of thioether (sulfide) groups is 1. The number of carbonyl (C=O) groups excluding carboxylic acids is 1. The Balaban J connectivity index is 2.00. The second-order valence-electron chi connectivity index (χ2n) is 7.68. The van der Waals surface area contributed by atoms with E-state index in [2.05, 4.69) is 20.8 Å². The summed E-state index contributed by atoms with van der Waals surface area (Å²) in [6.07, 6.45) is 5.81. The van der Waals surface area contributed by atoms with Gasteiger partial charge in [0.25, 0.3) is 0 Å². The fraction of sp³-hybridized carbons (Fsp3) is 0.600. The number of carbonyl (C=O) groups is 2. The number of hydrogen-bond donors (Lipinski definition) is 1. The van der Waals surface area contributed by atoms with Crippen LogP contribution in [0.2, 0.25) is 0 Å². The van der Waals surface area contributed by atoms with Gasteiger partial charge in [-0.1, -0.05) is 64.3 Å². The maximum absolute atomic E-state index is 12.5. The normalized spacial score (nSPS) is 17.5. The van der Waals surface area contributed by atoms with Crippen molar-refractivity contribution in [3.8, 4) is 0 Å². The minimum atomic E-state index is -0.870. The summed E-state index contributed by atoms with van der Waals surface area (Å²) in [6.45, 7) is 6.39. The molecular formula is C20H28O3S. The van der Waals surface area contributed by atoms with E-state index in [4.69, 9.17) is 0 Å². The second-order valence-corrected chi connectivity index (χ2v) is 9.19. The van der Waals surface area contributed by atoms with Gasteiger partial charge in [0.2, 0.25) is 0 Å². The van der Waals surface area contributed by atoms with Crippen LogP contribution in [0, 0.1) is 0 Å². The highest BCUT2D eigenvalue weighted by molar-refractivity contribution is 8.01. The zero-order valence-corrected chi connectivity index (χ0v) is 15.7. The van der Waals surface area contributed by atoms with Gasteiger partial charge in [-0.3, -0.25) is 9.59 Å². The van der Waals surface area contributed by atoms with Crippen molar-refractivity contribution in [3.63, 3.8) is 0 Å². The highest BCUT2D eigenvalue weighted by Crippen LogP contribution is 2.33. The first-order valence-corrected chi connectivity index (χ1v) is 9.73. The van der Waals surface area contributed by atoms with E-state index < -0.39 is 11.2 Å². The minimum absolute atomic E-state index is 0.0437. The molecule has 0 saturated heterocycles. The zero-order chi connectivity index (χ0) is 17.7. The number of Topliss-reactive ketones (excluding diaryl/α,β-unsaturated/α-hetero) is 1. The Morgan fingerprint density at radius 3 is 2.21 bits per heavy atom. The van der Waals surface area contributed by atoms with Crippen LogP contribution in [-0.2, 0) is 10.2 Å². The van der Waals surface area contributed by atoms with Crippen molar-refractivity contribution >= 4 is 23.5 Å². The molecule has 1 saturated carbocycles. The summed E-state index contributed by atoms with van der Waals surface area (Å²) in [5, 5.41) is 9.23. The molecule has 4 heteroatoms. The summed E-state index contributed by atoms with van der Waals surface area (Å²) in [7, 11) is 0. The molecule has 132 valence electrons. The van der Waals surface area contributed by atoms with Gasteiger partial charge in [-0.05, 0) is 23.8 Å². The van der Waals surface area contributed by atoms with Crippen LogP contribution < -0.4 is 0 Å². The van der Waals surface area contributed by atoms with Crippen molar-refractivity contribution < 1.29 is 14.7 Å². The lowest BCUT2D eigenvalue weighted by Crippen LogP contribution is -2.24. The van der Waals surface area contributed by atoms with Crippen LogP contribution in [0.15, 0.2) is 24.3 Å². The molecule has 0 aliphatic heterocycles. The summed E-state index contributed by atoms with van der Waals surface area (Å²) in [5.74, 6) is -0.948. The number of rotatable bonds is 6. The van der Waals surface area contributed by atoms with Crippen molar-refractivity contribution in [2.45, 2.75) is 75.2 Å². The zero-order valence-electron chi connectivity index (χ0n) is 14.9. The summed E-state index contributed by atoms with van der Waals surface area (Å²) < 4.78 is 0. The molecule has 0 bridgehead atoms. The Labute approximate surface area is 149 Å². The molecule has 1 aliphatic carbocycles. The van der Waals surface area contributed by atoms with Crippen LogP contribution in [0.1, 0.15) is 75.2 Å². The van der Waals surface area contributed by atoms with Crippen LogP contribution >= 0.6 is 11.8 Å². The predicted molar refractivity (Wildman–Crippen MR) is 100.0 cm³/mol. The van der Waals surface area contributed by atoms with E-state index in [1.165, 1.54) is 36.6 Å². The number of aliphatic carboxylic acids is 1. The third-order valence-corrected chi connectivity index (χ3v) is 6.18. The molecule has 24 heavy (non-hydrogen) atoms. The maximum Gasteiger partial charge on any atom is 0.317 e. The minimum Gasteiger partial charge on any atom is -0.480 e. The Hall–Kier alpha value is -1.29. The van der Waals surface area contributed by atoms with E-state index >= 15 is 0 Å². The van der Waals surface area contributed by atoms with E-state index in [1.807, 2.05) is 24.3 Å². The average molecular weight is 349 g/mol. The molecule has 0 radical (unpaired) electrons. The number of carboxylic acid groups (broad SMARTS) is 1. The largest absolute Gasteiger partial charge is 0.480 e. The van der Waals surface area contributed by atoms with Crippen LogP contribution in [0.25, 0.3) is 0 Å². The Morgan fingerprint density at radius 2 is 1.71 bits per heavy atom. The van der Waals surface area contributed by atoms with E-state index in [0.717, 1.165) is 12.8 Å². The average Bonchev–Trinajstić information content (AvgIpc) is 2.54. The molecule has 1 atom stereocenters. The number of carboxylic acids is 1. The van der Waals surface area contributed by atoms with Gasteiger partial charge in [0.1, 0.15) is 5.25 Å². The molecule has 1 aromatic rings. The smallest absolute Gasteiger partial charge is 0.317 e. The fourth-order valence-electron chi connectivity index (χ4n) is 3.07. The number of ketones is 1. The molecule has 1 aliphatic rings. The Kier molecular flexibility index (Phi) is 6.50. The molecule has 0 spiro atoms. The molecule has 1 fully saturated rings. The Morgan fingerprint density at radius 1 is 1.12 bits per heavy atom. The molecule has 1 aromatic carbocycles. The molecule has 2 rings (SSSR count). The molecule has 1 unspecified atom stereocenters. The first-order valence-electron chi connectivity index (χ1n) is 8.79. The van der Waals surface area contributed by atoms with E-state index in [-0.39, 0.29) is 17.6 Å². The quantitative estimate of drug-likeness (QED) is 0.729. The topological polar surface area (TPSA) is 54.4 Å². The van der Waals surface area contributed by atoms with Crippen molar-refractivity contribution in [2.75, 3.05) is 0 Å². The van der Waals surface area contributed by atoms with Gasteiger partial charge in [0.05, 0.1) is 0 Å². The van der Waals surface area contributed by atoms with Gasteiger partial charge in [0, 0.05) is 17.2 Å². The molecule has 0 amide bonds. The van der Waals surface area contributed by atoms with Crippen molar-refractivity contribution in [3.05, 3.63) is 35.4 Å². The van der Waals surface area contributed by atoms with Crippen molar-refractivity contribution in [1.82, 2.24) is 0 Å². The second kappa shape index (κ2) is 8.19. The molecule has 1 N–H and O–H groups in total. The monoisotopic (exact) mass is 348 g/mol. The van der Waals surface area contributed by atoms with Crippen LogP contribution in [0.3, 0.4) is 0 Å². The molecular weight excluding hydrogens is 320 g/mol. The van der Waals surface area contributed by atoms with Crippen molar-refractivity contribution in [1.29, 1.82) is 0 Å². The highest BCUT2D eigenvalue weighted by atomic mass is 32.2. The van der Waals surface area contributed by atoms with E-state index in [1.54, 1.807) is 0 Å². The number of benzene rings is 1. The van der Waals surface area contributed by atoms with Gasteiger partial charge in [-0.15, -0.1) is 11.8 Å².